The Balaban J connectivity index is 2.15. The molecular formula is C13H8BrN3S. The van der Waals surface area contributed by atoms with E-state index in [9.17, 15) is 0 Å². The van der Waals surface area contributed by atoms with Crippen molar-refractivity contribution in [2.75, 3.05) is 0 Å². The summed E-state index contributed by atoms with van der Waals surface area (Å²) < 4.78 is 0.935. The van der Waals surface area contributed by atoms with Gasteiger partial charge in [-0.3, -0.25) is 0 Å². The van der Waals surface area contributed by atoms with E-state index in [2.05, 4.69) is 38.0 Å². The lowest BCUT2D eigenvalue weighted by molar-refractivity contribution is 1.15. The lowest BCUT2D eigenvalue weighted by atomic mass is 10.2. The SMILES string of the molecule is N#CCc1nc(-c2c[nH]c3ccccc23)sc1Br. The highest BCUT2D eigenvalue weighted by molar-refractivity contribution is 9.11. The van der Waals surface area contributed by atoms with Gasteiger partial charge < -0.3 is 4.98 Å². The molecule has 1 N–H and O–H groups in total. The van der Waals surface area contributed by atoms with E-state index in [-0.39, 0.29) is 0 Å². The van der Waals surface area contributed by atoms with Gasteiger partial charge in [-0.1, -0.05) is 18.2 Å². The van der Waals surface area contributed by atoms with Gasteiger partial charge in [-0.2, -0.15) is 5.26 Å². The van der Waals surface area contributed by atoms with Crippen LogP contribution in [0.5, 0.6) is 0 Å². The number of halogens is 1. The number of nitriles is 1. The summed E-state index contributed by atoms with van der Waals surface area (Å²) in [5.74, 6) is 0. The highest BCUT2D eigenvalue weighted by Gasteiger charge is 2.13. The third kappa shape index (κ3) is 1.84. The van der Waals surface area contributed by atoms with Crippen molar-refractivity contribution < 1.29 is 0 Å². The van der Waals surface area contributed by atoms with Gasteiger partial charge in [0.05, 0.1) is 22.0 Å². The second-order valence-corrected chi connectivity index (χ2v) is 6.14. The number of H-pyrrole nitrogens is 1. The van der Waals surface area contributed by atoms with Gasteiger partial charge >= 0.3 is 0 Å². The maximum Gasteiger partial charge on any atom is 0.126 e. The molecule has 0 aliphatic heterocycles. The van der Waals surface area contributed by atoms with Gasteiger partial charge in [0.15, 0.2) is 0 Å². The zero-order valence-corrected chi connectivity index (χ0v) is 11.7. The van der Waals surface area contributed by atoms with Crippen molar-refractivity contribution in [1.82, 2.24) is 9.97 Å². The van der Waals surface area contributed by atoms with Gasteiger partial charge in [-0.15, -0.1) is 11.3 Å². The minimum atomic E-state index is 0.333. The van der Waals surface area contributed by atoms with Crippen LogP contribution in [0.25, 0.3) is 21.5 Å². The Bertz CT molecular complexity index is 751. The predicted octanol–water partition coefficient (Wildman–Crippen LogP) is 4.12. The molecule has 1 aromatic carbocycles. The molecule has 2 heterocycles. The highest BCUT2D eigenvalue weighted by Crippen LogP contribution is 2.35. The van der Waals surface area contributed by atoms with Crippen LogP contribution in [0.15, 0.2) is 34.2 Å². The fourth-order valence-electron chi connectivity index (χ4n) is 1.88. The predicted molar refractivity (Wildman–Crippen MR) is 76.4 cm³/mol. The largest absolute Gasteiger partial charge is 0.360 e. The van der Waals surface area contributed by atoms with Gasteiger partial charge in [0, 0.05) is 22.7 Å². The van der Waals surface area contributed by atoms with Crippen LogP contribution in [0.4, 0.5) is 0 Å². The Morgan fingerprint density at radius 3 is 3.06 bits per heavy atom. The van der Waals surface area contributed by atoms with Crippen molar-refractivity contribution in [3.63, 3.8) is 0 Å². The second kappa shape index (κ2) is 4.56. The van der Waals surface area contributed by atoms with Crippen LogP contribution in [0.2, 0.25) is 0 Å². The second-order valence-electron chi connectivity index (χ2n) is 3.82. The van der Waals surface area contributed by atoms with Crippen molar-refractivity contribution in [2.24, 2.45) is 0 Å². The average molecular weight is 318 g/mol. The summed E-state index contributed by atoms with van der Waals surface area (Å²) >= 11 is 5.02. The molecule has 0 aliphatic carbocycles. The Morgan fingerprint density at radius 1 is 1.39 bits per heavy atom. The van der Waals surface area contributed by atoms with Crippen molar-refractivity contribution in [3.05, 3.63) is 39.9 Å². The third-order valence-corrected chi connectivity index (χ3v) is 4.58. The van der Waals surface area contributed by atoms with Crippen LogP contribution >= 0.6 is 27.3 Å². The van der Waals surface area contributed by atoms with Gasteiger partial charge in [-0.25, -0.2) is 4.98 Å². The van der Waals surface area contributed by atoms with E-state index in [1.54, 1.807) is 11.3 Å². The van der Waals surface area contributed by atoms with Crippen LogP contribution in [0, 0.1) is 11.3 Å². The number of thiazole rings is 1. The molecule has 0 spiro atoms. The summed E-state index contributed by atoms with van der Waals surface area (Å²) in [6.07, 6.45) is 2.30. The number of hydrogen-bond donors (Lipinski definition) is 1. The van der Waals surface area contributed by atoms with E-state index < -0.39 is 0 Å². The molecule has 3 aromatic rings. The maximum absolute atomic E-state index is 8.74. The number of aromatic nitrogens is 2. The normalized spacial score (nSPS) is 10.7. The number of rotatable bonds is 2. The summed E-state index contributed by atoms with van der Waals surface area (Å²) in [7, 11) is 0. The van der Waals surface area contributed by atoms with Crippen molar-refractivity contribution in [1.29, 1.82) is 5.26 Å². The molecule has 0 aliphatic rings. The van der Waals surface area contributed by atoms with Crippen LogP contribution < -0.4 is 0 Å². The minimum absolute atomic E-state index is 0.333. The first-order chi connectivity index (χ1) is 8.79. The summed E-state index contributed by atoms with van der Waals surface area (Å²) in [5, 5.41) is 10.8. The molecule has 5 heteroatoms. The molecule has 0 saturated carbocycles. The van der Waals surface area contributed by atoms with Gasteiger partial charge in [0.1, 0.15) is 5.01 Å². The fourth-order valence-corrected chi connectivity index (χ4v) is 3.41. The summed E-state index contributed by atoms with van der Waals surface area (Å²) in [6, 6.07) is 10.3. The number of nitrogens with one attached hydrogen (secondary N) is 1. The van der Waals surface area contributed by atoms with Crippen LogP contribution in [0.3, 0.4) is 0 Å². The van der Waals surface area contributed by atoms with E-state index in [1.165, 1.54) is 0 Å². The van der Waals surface area contributed by atoms with Crippen molar-refractivity contribution in [3.8, 4) is 16.6 Å². The number of nitrogens with zero attached hydrogens (tertiary/aromatic N) is 2. The number of hydrogen-bond acceptors (Lipinski definition) is 3. The fraction of sp³-hybridized carbons (Fsp3) is 0.0769. The van der Waals surface area contributed by atoms with E-state index in [0.717, 1.165) is 31.0 Å². The van der Waals surface area contributed by atoms with Crippen LogP contribution in [-0.4, -0.2) is 9.97 Å². The molecule has 18 heavy (non-hydrogen) atoms. The molecule has 0 saturated heterocycles. The zero-order valence-electron chi connectivity index (χ0n) is 9.27. The quantitative estimate of drug-likeness (QED) is 0.773. The molecule has 0 bridgehead atoms. The van der Waals surface area contributed by atoms with Gasteiger partial charge in [0.25, 0.3) is 0 Å². The summed E-state index contributed by atoms with van der Waals surface area (Å²) in [6.45, 7) is 0. The zero-order chi connectivity index (χ0) is 12.5. The van der Waals surface area contributed by atoms with Gasteiger partial charge in [-0.05, 0) is 22.0 Å². The number of para-hydroxylation sites is 1. The van der Waals surface area contributed by atoms with E-state index in [1.807, 2.05) is 24.4 Å². The molecule has 0 radical (unpaired) electrons. The molecule has 88 valence electrons. The lowest BCUT2D eigenvalue weighted by Crippen LogP contribution is -1.82. The molecule has 0 amide bonds. The number of benzene rings is 1. The molecule has 3 nitrogen and oxygen atoms in total. The van der Waals surface area contributed by atoms with E-state index in [0.29, 0.717) is 6.42 Å². The molecule has 2 aromatic heterocycles. The number of fused-ring (bicyclic) bond motifs is 1. The summed E-state index contributed by atoms with van der Waals surface area (Å²) in [4.78, 5) is 7.75. The molecule has 3 rings (SSSR count). The topological polar surface area (TPSA) is 52.5 Å². The first-order valence-electron chi connectivity index (χ1n) is 5.38. The lowest BCUT2D eigenvalue weighted by Gasteiger charge is -1.92. The van der Waals surface area contributed by atoms with E-state index >= 15 is 0 Å². The standard InChI is InChI=1S/C13H8BrN3S/c14-12-11(5-6-15)17-13(18-12)9-7-16-10-4-2-1-3-8(9)10/h1-4,7,16H,5H2. The minimum Gasteiger partial charge on any atom is -0.360 e. The molecular weight excluding hydrogens is 310 g/mol. The first kappa shape index (κ1) is 11.5. The smallest absolute Gasteiger partial charge is 0.126 e. The molecule has 0 unspecified atom stereocenters. The Hall–Kier alpha value is -1.64. The molecule has 0 atom stereocenters. The Kier molecular flexibility index (Phi) is 2.90. The van der Waals surface area contributed by atoms with Crippen molar-refractivity contribution in [2.45, 2.75) is 6.42 Å². The highest BCUT2D eigenvalue weighted by atomic mass is 79.9. The third-order valence-electron chi connectivity index (χ3n) is 2.72. The Labute approximate surface area is 116 Å². The Morgan fingerprint density at radius 2 is 2.22 bits per heavy atom. The summed E-state index contributed by atoms with van der Waals surface area (Å²) in [5.41, 5.74) is 2.99. The molecule has 0 fully saturated rings. The maximum atomic E-state index is 8.74. The monoisotopic (exact) mass is 317 g/mol. The first-order valence-corrected chi connectivity index (χ1v) is 6.99. The van der Waals surface area contributed by atoms with Crippen LogP contribution in [0.1, 0.15) is 5.69 Å². The number of aromatic amines is 1. The van der Waals surface area contributed by atoms with Gasteiger partial charge in [0.2, 0.25) is 0 Å². The van der Waals surface area contributed by atoms with Crippen molar-refractivity contribution >= 4 is 38.2 Å². The average Bonchev–Trinajstić information content (AvgIpc) is 2.94. The van der Waals surface area contributed by atoms with E-state index in [4.69, 9.17) is 5.26 Å². The van der Waals surface area contributed by atoms with Crippen LogP contribution in [-0.2, 0) is 6.42 Å².